The van der Waals surface area contributed by atoms with E-state index < -0.39 is 0 Å². The molecule has 5 heteroatoms. The maximum atomic E-state index is 13.0. The number of amides is 1. The topological polar surface area (TPSA) is 23.6 Å². The lowest BCUT2D eigenvalue weighted by Gasteiger charge is -2.32. The molecule has 1 aromatic rings. The van der Waals surface area contributed by atoms with Crippen LogP contribution in [0.3, 0.4) is 0 Å². The number of benzene rings is 1. The molecule has 0 aromatic heterocycles. The Morgan fingerprint density at radius 3 is 2.90 bits per heavy atom. The lowest BCUT2D eigenvalue weighted by atomic mass is 10.1. The SMILES string of the molecule is CSc1ccccc1C(=O)N1CCCSCC1CN(C)C. The molecule has 1 aliphatic heterocycles. The fourth-order valence-electron chi connectivity index (χ4n) is 2.65. The van der Waals surface area contributed by atoms with Crippen LogP contribution in [0.15, 0.2) is 29.2 Å². The molecule has 1 amide bonds. The molecule has 1 aromatic carbocycles. The quantitative estimate of drug-likeness (QED) is 0.795. The Bertz CT molecular complexity index is 479. The highest BCUT2D eigenvalue weighted by Gasteiger charge is 2.27. The van der Waals surface area contributed by atoms with E-state index >= 15 is 0 Å². The molecular weight excluding hydrogens is 300 g/mol. The van der Waals surface area contributed by atoms with Crippen LogP contribution < -0.4 is 0 Å². The third-order valence-electron chi connectivity index (χ3n) is 3.61. The highest BCUT2D eigenvalue weighted by atomic mass is 32.2. The Balaban J connectivity index is 2.24. The molecule has 1 atom stereocenters. The number of hydrogen-bond donors (Lipinski definition) is 0. The van der Waals surface area contributed by atoms with Crippen molar-refractivity contribution in [2.45, 2.75) is 17.4 Å². The largest absolute Gasteiger partial charge is 0.333 e. The molecule has 1 unspecified atom stereocenters. The van der Waals surface area contributed by atoms with Crippen molar-refractivity contribution >= 4 is 29.4 Å². The third kappa shape index (κ3) is 4.41. The van der Waals surface area contributed by atoms with Gasteiger partial charge in [-0.15, -0.1) is 11.8 Å². The van der Waals surface area contributed by atoms with E-state index in [1.807, 2.05) is 42.3 Å². The van der Waals surface area contributed by atoms with E-state index in [1.54, 1.807) is 11.8 Å². The summed E-state index contributed by atoms with van der Waals surface area (Å²) < 4.78 is 0. The number of nitrogens with zero attached hydrogens (tertiary/aromatic N) is 2. The summed E-state index contributed by atoms with van der Waals surface area (Å²) >= 11 is 3.61. The van der Waals surface area contributed by atoms with Gasteiger partial charge in [-0.1, -0.05) is 12.1 Å². The van der Waals surface area contributed by atoms with Gasteiger partial charge in [0.1, 0.15) is 0 Å². The van der Waals surface area contributed by atoms with Gasteiger partial charge in [-0.05, 0) is 44.7 Å². The van der Waals surface area contributed by atoms with E-state index in [1.165, 1.54) is 0 Å². The van der Waals surface area contributed by atoms with Crippen molar-refractivity contribution in [3.05, 3.63) is 29.8 Å². The van der Waals surface area contributed by atoms with Crippen molar-refractivity contribution in [1.29, 1.82) is 0 Å². The smallest absolute Gasteiger partial charge is 0.255 e. The van der Waals surface area contributed by atoms with Crippen LogP contribution in [0.25, 0.3) is 0 Å². The van der Waals surface area contributed by atoms with Gasteiger partial charge in [0.15, 0.2) is 0 Å². The maximum Gasteiger partial charge on any atom is 0.255 e. The van der Waals surface area contributed by atoms with Crippen LogP contribution in [0.2, 0.25) is 0 Å². The Kier molecular flexibility index (Phi) is 6.45. The average Bonchev–Trinajstić information content (AvgIpc) is 2.71. The number of likely N-dealkylation sites (N-methyl/N-ethyl adjacent to an activating group) is 1. The first kappa shape index (κ1) is 16.7. The van der Waals surface area contributed by atoms with Crippen LogP contribution in [-0.2, 0) is 0 Å². The van der Waals surface area contributed by atoms with E-state index in [0.717, 1.165) is 41.5 Å². The normalized spacial score (nSPS) is 19.6. The van der Waals surface area contributed by atoms with Crippen molar-refractivity contribution < 1.29 is 4.79 Å². The highest BCUT2D eigenvalue weighted by molar-refractivity contribution is 7.99. The molecule has 1 fully saturated rings. The fourth-order valence-corrected chi connectivity index (χ4v) is 4.29. The predicted molar refractivity (Wildman–Crippen MR) is 93.5 cm³/mol. The Morgan fingerprint density at radius 2 is 2.19 bits per heavy atom. The van der Waals surface area contributed by atoms with Crippen LogP contribution in [-0.4, -0.2) is 66.7 Å². The fraction of sp³-hybridized carbons (Fsp3) is 0.562. The van der Waals surface area contributed by atoms with E-state index in [-0.39, 0.29) is 5.91 Å². The van der Waals surface area contributed by atoms with Crippen molar-refractivity contribution in [2.75, 3.05) is 44.9 Å². The van der Waals surface area contributed by atoms with Crippen molar-refractivity contribution in [3.63, 3.8) is 0 Å². The van der Waals surface area contributed by atoms with Crippen molar-refractivity contribution in [2.24, 2.45) is 0 Å². The standard InChI is InChI=1S/C16H24N2OS2/c1-17(2)11-13-12-21-10-6-9-18(13)16(19)14-7-4-5-8-15(14)20-3/h4-5,7-8,13H,6,9-12H2,1-3H3. The molecule has 0 aliphatic carbocycles. The van der Waals surface area contributed by atoms with E-state index in [0.29, 0.717) is 6.04 Å². The summed E-state index contributed by atoms with van der Waals surface area (Å²) in [5, 5.41) is 0. The number of carbonyl (C=O) groups is 1. The van der Waals surface area contributed by atoms with Gasteiger partial charge in [0.05, 0.1) is 11.6 Å². The lowest BCUT2D eigenvalue weighted by molar-refractivity contribution is 0.0672. The molecule has 0 spiro atoms. The van der Waals surface area contributed by atoms with Gasteiger partial charge in [-0.3, -0.25) is 4.79 Å². The van der Waals surface area contributed by atoms with Crippen molar-refractivity contribution in [1.82, 2.24) is 9.80 Å². The first-order valence-electron chi connectivity index (χ1n) is 7.30. The molecule has 0 radical (unpaired) electrons. The summed E-state index contributed by atoms with van der Waals surface area (Å²) in [6, 6.07) is 8.25. The monoisotopic (exact) mass is 324 g/mol. The van der Waals surface area contributed by atoms with Gasteiger partial charge < -0.3 is 9.80 Å². The summed E-state index contributed by atoms with van der Waals surface area (Å²) in [4.78, 5) is 18.4. The van der Waals surface area contributed by atoms with Crippen LogP contribution in [0.1, 0.15) is 16.8 Å². The number of thioether (sulfide) groups is 2. The minimum atomic E-state index is 0.189. The second kappa shape index (κ2) is 8.11. The molecule has 1 aliphatic rings. The predicted octanol–water partition coefficient (Wildman–Crippen LogP) is 2.92. The van der Waals surface area contributed by atoms with Gasteiger partial charge in [-0.25, -0.2) is 0 Å². The summed E-state index contributed by atoms with van der Waals surface area (Å²) in [6.07, 6.45) is 3.11. The molecule has 2 rings (SSSR count). The minimum absolute atomic E-state index is 0.189. The molecule has 116 valence electrons. The zero-order valence-corrected chi connectivity index (χ0v) is 14.7. The third-order valence-corrected chi connectivity index (χ3v) is 5.61. The van der Waals surface area contributed by atoms with E-state index in [4.69, 9.17) is 0 Å². The average molecular weight is 325 g/mol. The van der Waals surface area contributed by atoms with Crippen molar-refractivity contribution in [3.8, 4) is 0 Å². The van der Waals surface area contributed by atoms with Gasteiger partial charge in [0, 0.05) is 23.7 Å². The zero-order chi connectivity index (χ0) is 15.2. The number of rotatable bonds is 4. The first-order valence-corrected chi connectivity index (χ1v) is 9.68. The minimum Gasteiger partial charge on any atom is -0.333 e. The van der Waals surface area contributed by atoms with E-state index in [9.17, 15) is 4.79 Å². The van der Waals surface area contributed by atoms with E-state index in [2.05, 4.69) is 23.9 Å². The summed E-state index contributed by atoms with van der Waals surface area (Å²) in [5.74, 6) is 2.37. The van der Waals surface area contributed by atoms with Crippen LogP contribution in [0, 0.1) is 0 Å². The maximum absolute atomic E-state index is 13.0. The Hall–Kier alpha value is -0.650. The molecule has 0 bridgehead atoms. The first-order chi connectivity index (χ1) is 10.1. The number of hydrogen-bond acceptors (Lipinski definition) is 4. The molecular formula is C16H24N2OS2. The highest BCUT2D eigenvalue weighted by Crippen LogP contribution is 2.24. The number of carbonyl (C=O) groups excluding carboxylic acids is 1. The lowest BCUT2D eigenvalue weighted by Crippen LogP contribution is -2.46. The summed E-state index contributed by atoms with van der Waals surface area (Å²) in [5.41, 5.74) is 0.848. The molecule has 3 nitrogen and oxygen atoms in total. The second-order valence-corrected chi connectivity index (χ2v) is 7.54. The van der Waals surface area contributed by atoms with Crippen LogP contribution in [0.5, 0.6) is 0 Å². The zero-order valence-electron chi connectivity index (χ0n) is 13.0. The summed E-state index contributed by atoms with van der Waals surface area (Å²) in [6.45, 7) is 1.80. The second-order valence-electron chi connectivity index (χ2n) is 5.54. The van der Waals surface area contributed by atoms with Gasteiger partial charge in [0.2, 0.25) is 0 Å². The Labute approximate surface area is 136 Å². The van der Waals surface area contributed by atoms with Crippen LogP contribution >= 0.6 is 23.5 Å². The van der Waals surface area contributed by atoms with Gasteiger partial charge in [-0.2, -0.15) is 11.8 Å². The molecule has 0 saturated carbocycles. The van der Waals surface area contributed by atoms with Gasteiger partial charge in [0.25, 0.3) is 5.91 Å². The van der Waals surface area contributed by atoms with Gasteiger partial charge >= 0.3 is 0 Å². The molecule has 21 heavy (non-hydrogen) atoms. The molecule has 1 saturated heterocycles. The molecule has 1 heterocycles. The van der Waals surface area contributed by atoms with Crippen LogP contribution in [0.4, 0.5) is 0 Å². The molecule has 0 N–H and O–H groups in total. The Morgan fingerprint density at radius 1 is 1.43 bits per heavy atom. The summed E-state index contributed by atoms with van der Waals surface area (Å²) in [7, 11) is 4.15.